The van der Waals surface area contributed by atoms with Gasteiger partial charge in [0.15, 0.2) is 0 Å². The molecule has 0 aliphatic carbocycles. The molecule has 27 heavy (non-hydrogen) atoms. The van der Waals surface area contributed by atoms with Gasteiger partial charge in [0, 0.05) is 33.2 Å². The molecule has 6 heteroatoms. The molecule has 3 rings (SSSR count). The van der Waals surface area contributed by atoms with Crippen molar-refractivity contribution in [3.63, 3.8) is 0 Å². The molecule has 0 N–H and O–H groups in total. The number of likely N-dealkylation sites (tertiary alicyclic amines) is 2. The second-order valence-electron chi connectivity index (χ2n) is 7.55. The topological polar surface area (TPSA) is 49.9 Å². The van der Waals surface area contributed by atoms with Crippen molar-refractivity contribution in [1.29, 1.82) is 0 Å². The Kier molecular flexibility index (Phi) is 6.47. The Morgan fingerprint density at radius 2 is 1.89 bits per heavy atom. The molecule has 2 aliphatic heterocycles. The van der Waals surface area contributed by atoms with E-state index in [4.69, 9.17) is 4.74 Å². The number of halogens is 1. The van der Waals surface area contributed by atoms with Gasteiger partial charge in [-0.3, -0.25) is 9.59 Å². The van der Waals surface area contributed by atoms with Crippen LogP contribution in [-0.2, 0) is 20.7 Å². The minimum atomic E-state index is -0.640. The lowest BCUT2D eigenvalue weighted by Crippen LogP contribution is -2.61. The number of methoxy groups -OCH3 is 1. The Balaban J connectivity index is 1.59. The Morgan fingerprint density at radius 3 is 2.59 bits per heavy atom. The molecule has 148 valence electrons. The van der Waals surface area contributed by atoms with E-state index in [-0.39, 0.29) is 17.6 Å². The highest BCUT2D eigenvalue weighted by atomic mass is 19.1. The van der Waals surface area contributed by atoms with E-state index in [1.54, 1.807) is 19.2 Å². The second kappa shape index (κ2) is 8.83. The maximum absolute atomic E-state index is 13.1. The number of ether oxygens (including phenoxy) is 1. The van der Waals surface area contributed by atoms with Gasteiger partial charge >= 0.3 is 0 Å². The van der Waals surface area contributed by atoms with E-state index in [9.17, 15) is 14.0 Å². The van der Waals surface area contributed by atoms with Gasteiger partial charge < -0.3 is 14.5 Å². The van der Waals surface area contributed by atoms with Crippen LogP contribution in [0, 0.1) is 5.82 Å². The summed E-state index contributed by atoms with van der Waals surface area (Å²) in [5.74, 6) is -0.0885. The first kappa shape index (κ1) is 19.8. The molecule has 5 nitrogen and oxygen atoms in total. The van der Waals surface area contributed by atoms with Gasteiger partial charge in [-0.25, -0.2) is 4.39 Å². The molecule has 2 saturated heterocycles. The number of rotatable bonds is 7. The molecule has 0 aromatic heterocycles. The lowest BCUT2D eigenvalue weighted by molar-refractivity contribution is -0.155. The van der Waals surface area contributed by atoms with Crippen molar-refractivity contribution >= 4 is 11.8 Å². The molecule has 1 spiro atoms. The number of nitrogens with zero attached hydrogens (tertiary/aromatic N) is 2. The first-order valence-corrected chi connectivity index (χ1v) is 9.90. The third-order valence-electron chi connectivity index (χ3n) is 5.83. The molecule has 0 radical (unpaired) electrons. The molecule has 2 aliphatic rings. The highest BCUT2D eigenvalue weighted by Gasteiger charge is 2.52. The molecule has 1 unspecified atom stereocenters. The van der Waals surface area contributed by atoms with Gasteiger partial charge in [0.05, 0.1) is 6.61 Å². The largest absolute Gasteiger partial charge is 0.383 e. The zero-order valence-electron chi connectivity index (χ0n) is 16.1. The summed E-state index contributed by atoms with van der Waals surface area (Å²) in [7, 11) is 1.64. The molecular formula is C21H29FN2O3. The van der Waals surface area contributed by atoms with Crippen molar-refractivity contribution < 1.29 is 18.7 Å². The predicted octanol–water partition coefficient (Wildman–Crippen LogP) is 2.78. The minimum absolute atomic E-state index is 0.0663. The Morgan fingerprint density at radius 1 is 1.19 bits per heavy atom. The fourth-order valence-electron chi connectivity index (χ4n) is 4.43. The normalized spacial score (nSPS) is 22.7. The maximum Gasteiger partial charge on any atom is 0.248 e. The highest BCUT2D eigenvalue weighted by molar-refractivity contribution is 5.92. The number of hydrogen-bond donors (Lipinski definition) is 0. The van der Waals surface area contributed by atoms with Crippen LogP contribution < -0.4 is 0 Å². The summed E-state index contributed by atoms with van der Waals surface area (Å²) in [5, 5.41) is 0. The lowest BCUT2D eigenvalue weighted by Gasteiger charge is -2.44. The van der Waals surface area contributed by atoms with Gasteiger partial charge in [-0.2, -0.15) is 0 Å². The Labute approximate surface area is 160 Å². The monoisotopic (exact) mass is 376 g/mol. The SMILES string of the molecule is COCCN1CCCC2(CCCN2C(=O)CCCc2ccc(F)cc2)C1=O. The average Bonchev–Trinajstić information content (AvgIpc) is 3.09. The zero-order chi connectivity index (χ0) is 19.3. The van der Waals surface area contributed by atoms with Crippen LogP contribution in [0.4, 0.5) is 4.39 Å². The van der Waals surface area contributed by atoms with Crippen LogP contribution in [0.25, 0.3) is 0 Å². The van der Waals surface area contributed by atoms with Crippen LogP contribution in [0.2, 0.25) is 0 Å². The third-order valence-corrected chi connectivity index (χ3v) is 5.83. The van der Waals surface area contributed by atoms with Crippen LogP contribution in [0.5, 0.6) is 0 Å². The number of carbonyl (C=O) groups is 2. The van der Waals surface area contributed by atoms with Crippen molar-refractivity contribution in [2.75, 3.05) is 33.4 Å². The molecular weight excluding hydrogens is 347 g/mol. The van der Waals surface area contributed by atoms with E-state index < -0.39 is 5.54 Å². The van der Waals surface area contributed by atoms with Gasteiger partial charge in [-0.15, -0.1) is 0 Å². The molecule has 1 atom stereocenters. The number of hydrogen-bond acceptors (Lipinski definition) is 3. The average molecular weight is 376 g/mol. The standard InChI is InChI=1S/C21H29FN2O3/c1-27-16-15-23-13-3-11-21(20(23)26)12-4-14-24(21)19(25)6-2-5-17-7-9-18(22)10-8-17/h7-10H,2-6,11-16H2,1H3. The van der Waals surface area contributed by atoms with Gasteiger partial charge in [0.1, 0.15) is 11.4 Å². The lowest BCUT2D eigenvalue weighted by atomic mass is 9.85. The van der Waals surface area contributed by atoms with Crippen molar-refractivity contribution in [2.24, 2.45) is 0 Å². The molecule has 2 heterocycles. The predicted molar refractivity (Wildman–Crippen MR) is 101 cm³/mol. The van der Waals surface area contributed by atoms with Crippen molar-refractivity contribution in [3.05, 3.63) is 35.6 Å². The summed E-state index contributed by atoms with van der Waals surface area (Å²) in [6.07, 6.45) is 5.20. The van der Waals surface area contributed by atoms with E-state index in [0.29, 0.717) is 32.5 Å². The summed E-state index contributed by atoms with van der Waals surface area (Å²) in [6.45, 7) is 2.52. The smallest absolute Gasteiger partial charge is 0.248 e. The Hall–Kier alpha value is -1.95. The second-order valence-corrected chi connectivity index (χ2v) is 7.55. The maximum atomic E-state index is 13.1. The van der Waals surface area contributed by atoms with Crippen LogP contribution >= 0.6 is 0 Å². The van der Waals surface area contributed by atoms with Crippen molar-refractivity contribution in [2.45, 2.75) is 50.5 Å². The van der Waals surface area contributed by atoms with E-state index in [1.165, 1.54) is 12.1 Å². The van der Waals surface area contributed by atoms with E-state index >= 15 is 0 Å². The summed E-state index contributed by atoms with van der Waals surface area (Å²) >= 11 is 0. The third kappa shape index (κ3) is 4.32. The van der Waals surface area contributed by atoms with Crippen molar-refractivity contribution in [1.82, 2.24) is 9.80 Å². The summed E-state index contributed by atoms with van der Waals surface area (Å²) < 4.78 is 18.1. The van der Waals surface area contributed by atoms with Gasteiger partial charge in [-0.1, -0.05) is 12.1 Å². The fourth-order valence-corrected chi connectivity index (χ4v) is 4.43. The van der Waals surface area contributed by atoms with E-state index in [1.807, 2.05) is 9.80 Å². The molecule has 2 amide bonds. The first-order chi connectivity index (χ1) is 13.1. The van der Waals surface area contributed by atoms with Crippen LogP contribution in [-0.4, -0.2) is 60.5 Å². The number of benzene rings is 1. The van der Waals surface area contributed by atoms with Crippen LogP contribution in [0.1, 0.15) is 44.1 Å². The number of carbonyl (C=O) groups excluding carboxylic acids is 2. The van der Waals surface area contributed by atoms with Gasteiger partial charge in [0.25, 0.3) is 0 Å². The number of amides is 2. The van der Waals surface area contributed by atoms with Crippen molar-refractivity contribution in [3.8, 4) is 0 Å². The number of piperidine rings is 1. The van der Waals surface area contributed by atoms with Gasteiger partial charge in [0.2, 0.25) is 11.8 Å². The summed E-state index contributed by atoms with van der Waals surface area (Å²) in [6, 6.07) is 6.41. The molecule has 1 aromatic carbocycles. The molecule has 0 saturated carbocycles. The summed E-state index contributed by atoms with van der Waals surface area (Å²) in [5.41, 5.74) is 0.388. The molecule has 2 fully saturated rings. The quantitative estimate of drug-likeness (QED) is 0.735. The highest BCUT2D eigenvalue weighted by Crippen LogP contribution is 2.38. The van der Waals surface area contributed by atoms with E-state index in [2.05, 4.69) is 0 Å². The Bertz CT molecular complexity index is 664. The van der Waals surface area contributed by atoms with Crippen LogP contribution in [0.3, 0.4) is 0 Å². The van der Waals surface area contributed by atoms with E-state index in [0.717, 1.165) is 44.2 Å². The molecule has 1 aromatic rings. The van der Waals surface area contributed by atoms with Crippen LogP contribution in [0.15, 0.2) is 24.3 Å². The summed E-state index contributed by atoms with van der Waals surface area (Å²) in [4.78, 5) is 29.7. The first-order valence-electron chi connectivity index (χ1n) is 9.90. The fraction of sp³-hybridized carbons (Fsp3) is 0.619. The zero-order valence-corrected chi connectivity index (χ0v) is 16.1. The minimum Gasteiger partial charge on any atom is -0.383 e. The van der Waals surface area contributed by atoms with Gasteiger partial charge in [-0.05, 0) is 56.2 Å². The molecule has 0 bridgehead atoms. The number of aryl methyl sites for hydroxylation is 1.